The van der Waals surface area contributed by atoms with Gasteiger partial charge in [-0.2, -0.15) is 0 Å². The van der Waals surface area contributed by atoms with E-state index in [2.05, 4.69) is 0 Å². The minimum Gasteiger partial charge on any atom is -0.375 e. The first-order chi connectivity index (χ1) is 9.13. The summed E-state index contributed by atoms with van der Waals surface area (Å²) in [6.07, 6.45) is 1.56. The molecule has 19 heavy (non-hydrogen) atoms. The number of hydrogen-bond acceptors (Lipinski definition) is 2. The number of halogens is 1. The van der Waals surface area contributed by atoms with E-state index in [4.69, 9.17) is 4.74 Å². The second kappa shape index (κ2) is 4.60. The Bertz CT molecular complexity index is 499. The van der Waals surface area contributed by atoms with Crippen LogP contribution < -0.4 is 0 Å². The van der Waals surface area contributed by atoms with Crippen LogP contribution in [0, 0.1) is 5.82 Å². The molecule has 1 heterocycles. The van der Waals surface area contributed by atoms with Gasteiger partial charge in [-0.3, -0.25) is 4.79 Å². The summed E-state index contributed by atoms with van der Waals surface area (Å²) < 4.78 is 19.4. The van der Waals surface area contributed by atoms with E-state index in [0.29, 0.717) is 25.3 Å². The third-order valence-electron chi connectivity index (χ3n) is 4.08. The molecule has 1 saturated carbocycles. The summed E-state index contributed by atoms with van der Waals surface area (Å²) in [5, 5.41) is 0. The Morgan fingerprint density at radius 3 is 2.79 bits per heavy atom. The second-order valence-electron chi connectivity index (χ2n) is 5.49. The van der Waals surface area contributed by atoms with Crippen LogP contribution in [0.1, 0.15) is 25.3 Å². The number of carbonyl (C=O) groups excluding carboxylic acids is 1. The molecule has 1 aromatic rings. The highest BCUT2D eigenvalue weighted by atomic mass is 19.1. The summed E-state index contributed by atoms with van der Waals surface area (Å²) >= 11 is 0. The molecule has 1 aromatic carbocycles. The van der Waals surface area contributed by atoms with Crippen molar-refractivity contribution in [3.05, 3.63) is 35.6 Å². The van der Waals surface area contributed by atoms with E-state index in [1.165, 1.54) is 6.07 Å². The van der Waals surface area contributed by atoms with Gasteiger partial charge in [0.15, 0.2) is 0 Å². The lowest BCUT2D eigenvalue weighted by molar-refractivity contribution is -0.141. The summed E-state index contributed by atoms with van der Waals surface area (Å²) in [4.78, 5) is 14.5. The van der Waals surface area contributed by atoms with E-state index in [0.717, 1.165) is 12.8 Å². The summed E-state index contributed by atoms with van der Waals surface area (Å²) in [6, 6.07) is 6.64. The van der Waals surface area contributed by atoms with Crippen LogP contribution in [0.15, 0.2) is 24.3 Å². The Kier molecular flexibility index (Phi) is 3.05. The van der Waals surface area contributed by atoms with Crippen molar-refractivity contribution in [2.24, 2.45) is 0 Å². The van der Waals surface area contributed by atoms with Gasteiger partial charge in [0.2, 0.25) is 5.91 Å². The Balaban J connectivity index is 1.85. The highest BCUT2D eigenvalue weighted by Gasteiger charge is 2.54. The number of morpholine rings is 1. The molecule has 0 aromatic heterocycles. The molecule has 3 nitrogen and oxygen atoms in total. The first-order valence-corrected chi connectivity index (χ1v) is 6.79. The van der Waals surface area contributed by atoms with Gasteiger partial charge in [0.1, 0.15) is 5.82 Å². The van der Waals surface area contributed by atoms with Crippen molar-refractivity contribution < 1.29 is 13.9 Å². The van der Waals surface area contributed by atoms with Crippen molar-refractivity contribution in [2.45, 2.75) is 31.3 Å². The van der Waals surface area contributed by atoms with E-state index in [-0.39, 0.29) is 17.8 Å². The van der Waals surface area contributed by atoms with Crippen LogP contribution >= 0.6 is 0 Å². The van der Waals surface area contributed by atoms with Crippen LogP contribution in [0.2, 0.25) is 0 Å². The van der Waals surface area contributed by atoms with Gasteiger partial charge in [-0.1, -0.05) is 18.2 Å². The van der Waals surface area contributed by atoms with Crippen LogP contribution in [0.3, 0.4) is 0 Å². The number of nitrogens with zero attached hydrogens (tertiary/aromatic N) is 1. The summed E-state index contributed by atoms with van der Waals surface area (Å²) in [6.45, 7) is 3.75. The van der Waals surface area contributed by atoms with Gasteiger partial charge < -0.3 is 9.64 Å². The predicted octanol–water partition coefficient (Wildman–Crippen LogP) is 2.10. The van der Waals surface area contributed by atoms with Crippen LogP contribution in [0.5, 0.6) is 0 Å². The van der Waals surface area contributed by atoms with Gasteiger partial charge in [0, 0.05) is 18.7 Å². The molecule has 3 rings (SSSR count). The zero-order chi connectivity index (χ0) is 13.5. The highest BCUT2D eigenvalue weighted by Crippen LogP contribution is 2.50. The van der Waals surface area contributed by atoms with Crippen molar-refractivity contribution in [1.29, 1.82) is 0 Å². The molecule has 1 aliphatic heterocycles. The Morgan fingerprint density at radius 1 is 1.42 bits per heavy atom. The predicted molar refractivity (Wildman–Crippen MR) is 69.3 cm³/mol. The van der Waals surface area contributed by atoms with E-state index in [9.17, 15) is 9.18 Å². The van der Waals surface area contributed by atoms with Crippen molar-refractivity contribution in [3.63, 3.8) is 0 Å². The Morgan fingerprint density at radius 2 is 2.16 bits per heavy atom. The lowest BCUT2D eigenvalue weighted by Crippen LogP contribution is -2.48. The maximum Gasteiger partial charge on any atom is 0.233 e. The number of rotatable bonds is 2. The smallest absolute Gasteiger partial charge is 0.233 e. The fourth-order valence-electron chi connectivity index (χ4n) is 2.88. The summed E-state index contributed by atoms with van der Waals surface area (Å²) in [7, 11) is 0. The van der Waals surface area contributed by atoms with E-state index in [1.807, 2.05) is 11.8 Å². The molecule has 1 aliphatic carbocycles. The van der Waals surface area contributed by atoms with Gasteiger partial charge in [0.25, 0.3) is 0 Å². The van der Waals surface area contributed by atoms with Gasteiger partial charge in [-0.25, -0.2) is 4.39 Å². The zero-order valence-corrected chi connectivity index (χ0v) is 11.1. The minimum absolute atomic E-state index is 0.0627. The molecule has 0 spiro atoms. The summed E-state index contributed by atoms with van der Waals surface area (Å²) in [5.74, 6) is -0.206. The Hall–Kier alpha value is -1.42. The summed E-state index contributed by atoms with van der Waals surface area (Å²) in [5.41, 5.74) is -0.0540. The van der Waals surface area contributed by atoms with Gasteiger partial charge in [0.05, 0.1) is 18.1 Å². The monoisotopic (exact) mass is 263 g/mol. The SMILES string of the molecule is CC1CN(C(=O)C2(c3ccccc3F)CC2)CCO1. The zero-order valence-electron chi connectivity index (χ0n) is 11.1. The fraction of sp³-hybridized carbons (Fsp3) is 0.533. The molecule has 0 radical (unpaired) electrons. The maximum atomic E-state index is 13.9. The molecule has 0 bridgehead atoms. The lowest BCUT2D eigenvalue weighted by atomic mass is 9.93. The number of hydrogen-bond donors (Lipinski definition) is 0. The molecule has 4 heteroatoms. The van der Waals surface area contributed by atoms with Crippen LogP contribution in [-0.2, 0) is 14.9 Å². The van der Waals surface area contributed by atoms with Crippen LogP contribution in [0.25, 0.3) is 0 Å². The van der Waals surface area contributed by atoms with Gasteiger partial charge in [-0.15, -0.1) is 0 Å². The number of benzene rings is 1. The third-order valence-corrected chi connectivity index (χ3v) is 4.08. The third kappa shape index (κ3) is 2.14. The van der Waals surface area contributed by atoms with E-state index in [1.54, 1.807) is 18.2 Å². The molecular formula is C15H18FNO2. The molecule has 102 valence electrons. The molecule has 2 fully saturated rings. The average molecular weight is 263 g/mol. The van der Waals surface area contributed by atoms with Crippen molar-refractivity contribution in [3.8, 4) is 0 Å². The van der Waals surface area contributed by atoms with Gasteiger partial charge >= 0.3 is 0 Å². The Labute approximate surface area is 112 Å². The van der Waals surface area contributed by atoms with E-state index >= 15 is 0 Å². The topological polar surface area (TPSA) is 29.5 Å². The lowest BCUT2D eigenvalue weighted by Gasteiger charge is -2.34. The first kappa shape index (κ1) is 12.6. The standard InChI is InChI=1S/C15H18FNO2/c1-11-10-17(8-9-19-11)14(18)15(6-7-15)12-4-2-3-5-13(12)16/h2-5,11H,6-10H2,1H3. The average Bonchev–Trinajstić information content (AvgIpc) is 3.20. The van der Waals surface area contributed by atoms with Gasteiger partial charge in [-0.05, 0) is 25.8 Å². The highest BCUT2D eigenvalue weighted by molar-refractivity contribution is 5.91. The minimum atomic E-state index is -0.609. The van der Waals surface area contributed by atoms with E-state index < -0.39 is 5.41 Å². The number of ether oxygens (including phenoxy) is 1. The molecule has 2 aliphatic rings. The molecule has 1 atom stereocenters. The fourth-order valence-corrected chi connectivity index (χ4v) is 2.88. The number of carbonyl (C=O) groups is 1. The molecule has 0 N–H and O–H groups in total. The quantitative estimate of drug-likeness (QED) is 0.818. The molecule has 1 unspecified atom stereocenters. The van der Waals surface area contributed by atoms with Crippen LogP contribution in [0.4, 0.5) is 4.39 Å². The van der Waals surface area contributed by atoms with Crippen molar-refractivity contribution in [2.75, 3.05) is 19.7 Å². The molecular weight excluding hydrogens is 245 g/mol. The van der Waals surface area contributed by atoms with Crippen molar-refractivity contribution >= 4 is 5.91 Å². The maximum absolute atomic E-state index is 13.9. The largest absolute Gasteiger partial charge is 0.375 e. The second-order valence-corrected chi connectivity index (χ2v) is 5.49. The number of amides is 1. The molecule has 1 saturated heterocycles. The first-order valence-electron chi connectivity index (χ1n) is 6.79. The molecule has 1 amide bonds. The van der Waals surface area contributed by atoms with Crippen molar-refractivity contribution in [1.82, 2.24) is 4.90 Å². The normalized spacial score (nSPS) is 25.2. The van der Waals surface area contributed by atoms with Crippen LogP contribution in [-0.4, -0.2) is 36.6 Å².